The zero-order valence-corrected chi connectivity index (χ0v) is 16.1. The molecule has 1 nitrogen and oxygen atoms in total. The summed E-state index contributed by atoms with van der Waals surface area (Å²) in [6.45, 7) is 12.0. The molecule has 0 unspecified atom stereocenters. The average Bonchev–Trinajstić information content (AvgIpc) is 2.42. The molecule has 0 heterocycles. The highest BCUT2D eigenvalue weighted by Gasteiger charge is 2.15. The minimum Gasteiger partial charge on any atom is -0.300 e. The number of alkyl halides is 1. The van der Waals surface area contributed by atoms with Gasteiger partial charge < -0.3 is 4.90 Å². The van der Waals surface area contributed by atoms with Crippen molar-refractivity contribution < 1.29 is 0 Å². The second kappa shape index (κ2) is 14.4. The lowest BCUT2D eigenvalue weighted by molar-refractivity contribution is 0.162. The molecule has 0 aromatic rings. The van der Waals surface area contributed by atoms with E-state index in [0.29, 0.717) is 0 Å². The molecule has 0 aromatic carbocycles. The highest BCUT2D eigenvalue weighted by Crippen LogP contribution is 2.14. The Morgan fingerprint density at radius 3 is 1.75 bits per heavy atom. The number of unbranched alkanes of at least 4 members (excludes halogenated alkanes) is 6. The number of nitrogens with zero attached hydrogens (tertiary/aromatic N) is 1. The largest absolute Gasteiger partial charge is 0.300 e. The molecular weight excluding hydrogens is 310 g/mol. The van der Waals surface area contributed by atoms with Crippen LogP contribution in [0.3, 0.4) is 0 Å². The van der Waals surface area contributed by atoms with E-state index in [1.165, 1.54) is 76.2 Å². The average molecular weight is 348 g/mol. The van der Waals surface area contributed by atoms with Crippen LogP contribution in [0.4, 0.5) is 0 Å². The Bertz CT molecular complexity index is 190. The summed E-state index contributed by atoms with van der Waals surface area (Å²) in [5.41, 5.74) is 0. The van der Waals surface area contributed by atoms with Crippen LogP contribution in [0.1, 0.15) is 85.5 Å². The van der Waals surface area contributed by atoms with E-state index in [-0.39, 0.29) is 0 Å². The molecule has 0 fully saturated rings. The SMILES string of the molecule is CCC(CC)N(CCCCCCCCCBr)CC(C)C. The van der Waals surface area contributed by atoms with Gasteiger partial charge >= 0.3 is 0 Å². The normalized spacial score (nSPS) is 12.0. The smallest absolute Gasteiger partial charge is 0.00901 e. The predicted molar refractivity (Wildman–Crippen MR) is 96.9 cm³/mol. The van der Waals surface area contributed by atoms with Crippen molar-refractivity contribution in [3.05, 3.63) is 0 Å². The number of hydrogen-bond acceptors (Lipinski definition) is 1. The maximum atomic E-state index is 3.50. The van der Waals surface area contributed by atoms with Crippen molar-refractivity contribution in [2.45, 2.75) is 91.5 Å². The maximum Gasteiger partial charge on any atom is 0.00901 e. The zero-order valence-electron chi connectivity index (χ0n) is 14.5. The Labute approximate surface area is 137 Å². The molecule has 0 rings (SSSR count). The van der Waals surface area contributed by atoms with E-state index in [9.17, 15) is 0 Å². The minimum absolute atomic E-state index is 0.792. The maximum absolute atomic E-state index is 3.50. The van der Waals surface area contributed by atoms with E-state index in [1.807, 2.05) is 0 Å². The van der Waals surface area contributed by atoms with Crippen LogP contribution in [0.5, 0.6) is 0 Å². The molecule has 122 valence electrons. The van der Waals surface area contributed by atoms with Gasteiger partial charge in [-0.1, -0.05) is 75.7 Å². The van der Waals surface area contributed by atoms with E-state index in [2.05, 4.69) is 48.5 Å². The molecule has 0 N–H and O–H groups in total. The van der Waals surface area contributed by atoms with Gasteiger partial charge in [-0.2, -0.15) is 0 Å². The monoisotopic (exact) mass is 347 g/mol. The summed E-state index contributed by atoms with van der Waals surface area (Å²) in [5.74, 6) is 0.792. The summed E-state index contributed by atoms with van der Waals surface area (Å²) < 4.78 is 0. The molecule has 0 spiro atoms. The fourth-order valence-corrected chi connectivity index (χ4v) is 3.39. The molecule has 0 saturated heterocycles. The summed E-state index contributed by atoms with van der Waals surface area (Å²) >= 11 is 3.50. The summed E-state index contributed by atoms with van der Waals surface area (Å²) in [4.78, 5) is 2.75. The number of hydrogen-bond donors (Lipinski definition) is 0. The van der Waals surface area contributed by atoms with Gasteiger partial charge in [0.15, 0.2) is 0 Å². The first kappa shape index (κ1) is 20.4. The van der Waals surface area contributed by atoms with Gasteiger partial charge in [-0.05, 0) is 38.1 Å². The van der Waals surface area contributed by atoms with Gasteiger partial charge in [0, 0.05) is 17.9 Å². The summed E-state index contributed by atoms with van der Waals surface area (Å²) in [7, 11) is 0. The lowest BCUT2D eigenvalue weighted by Crippen LogP contribution is -2.38. The van der Waals surface area contributed by atoms with Crippen molar-refractivity contribution in [1.29, 1.82) is 0 Å². The van der Waals surface area contributed by atoms with E-state index >= 15 is 0 Å². The summed E-state index contributed by atoms with van der Waals surface area (Å²) in [6, 6.07) is 0.802. The van der Waals surface area contributed by atoms with Crippen molar-refractivity contribution in [3.63, 3.8) is 0 Å². The molecule has 0 amide bonds. The lowest BCUT2D eigenvalue weighted by Gasteiger charge is -2.32. The minimum atomic E-state index is 0.792. The fourth-order valence-electron chi connectivity index (χ4n) is 2.99. The Hall–Kier alpha value is 0.440. The Morgan fingerprint density at radius 2 is 1.30 bits per heavy atom. The molecule has 2 heteroatoms. The highest BCUT2D eigenvalue weighted by atomic mass is 79.9. The topological polar surface area (TPSA) is 3.24 Å². The van der Waals surface area contributed by atoms with Crippen LogP contribution >= 0.6 is 15.9 Å². The second-order valence-corrected chi connectivity index (χ2v) is 7.32. The molecule has 0 aromatic heterocycles. The quantitative estimate of drug-likeness (QED) is 0.264. The van der Waals surface area contributed by atoms with Gasteiger partial charge in [0.1, 0.15) is 0 Å². The van der Waals surface area contributed by atoms with Gasteiger partial charge in [0.2, 0.25) is 0 Å². The molecular formula is C18H38BrN. The molecule has 0 atom stereocenters. The van der Waals surface area contributed by atoms with Gasteiger partial charge in [-0.3, -0.25) is 0 Å². The predicted octanol–water partition coefficient (Wildman–Crippen LogP) is 6.26. The first-order chi connectivity index (χ1) is 9.65. The molecule has 20 heavy (non-hydrogen) atoms. The van der Waals surface area contributed by atoms with Crippen molar-refractivity contribution in [1.82, 2.24) is 4.90 Å². The number of rotatable bonds is 14. The van der Waals surface area contributed by atoms with Gasteiger partial charge in [0.25, 0.3) is 0 Å². The van der Waals surface area contributed by atoms with Crippen LogP contribution in [0, 0.1) is 5.92 Å². The Morgan fingerprint density at radius 1 is 0.800 bits per heavy atom. The van der Waals surface area contributed by atoms with Crippen LogP contribution in [0.25, 0.3) is 0 Å². The van der Waals surface area contributed by atoms with Gasteiger partial charge in [-0.25, -0.2) is 0 Å². The summed E-state index contributed by atoms with van der Waals surface area (Å²) in [6.07, 6.45) is 12.4. The number of halogens is 1. The third-order valence-corrected chi connectivity index (χ3v) is 4.70. The Balaban J connectivity index is 3.73. The lowest BCUT2D eigenvalue weighted by atomic mass is 10.1. The van der Waals surface area contributed by atoms with Gasteiger partial charge in [-0.15, -0.1) is 0 Å². The van der Waals surface area contributed by atoms with Crippen LogP contribution < -0.4 is 0 Å². The van der Waals surface area contributed by atoms with Crippen LogP contribution in [0.2, 0.25) is 0 Å². The zero-order chi connectivity index (χ0) is 15.2. The van der Waals surface area contributed by atoms with Crippen LogP contribution in [-0.2, 0) is 0 Å². The van der Waals surface area contributed by atoms with Crippen LogP contribution in [-0.4, -0.2) is 29.4 Å². The van der Waals surface area contributed by atoms with Crippen molar-refractivity contribution >= 4 is 15.9 Å². The second-order valence-electron chi connectivity index (χ2n) is 6.52. The molecule has 0 aliphatic carbocycles. The van der Waals surface area contributed by atoms with E-state index in [0.717, 1.165) is 12.0 Å². The standard InChI is InChI=1S/C18H38BrN/c1-5-18(6-2)20(16-17(3)4)15-13-11-9-7-8-10-12-14-19/h17-18H,5-16H2,1-4H3. The third-order valence-electron chi connectivity index (χ3n) is 4.14. The first-order valence-corrected chi connectivity index (χ1v) is 10.1. The molecule has 0 saturated carbocycles. The summed E-state index contributed by atoms with van der Waals surface area (Å²) in [5, 5.41) is 1.17. The van der Waals surface area contributed by atoms with Crippen molar-refractivity contribution in [2.75, 3.05) is 18.4 Å². The highest BCUT2D eigenvalue weighted by molar-refractivity contribution is 9.09. The van der Waals surface area contributed by atoms with Gasteiger partial charge in [0.05, 0.1) is 0 Å². The van der Waals surface area contributed by atoms with Crippen molar-refractivity contribution in [3.8, 4) is 0 Å². The molecule has 0 bridgehead atoms. The molecule has 0 aliphatic rings. The fraction of sp³-hybridized carbons (Fsp3) is 1.00. The molecule has 0 aliphatic heterocycles. The van der Waals surface area contributed by atoms with E-state index in [1.54, 1.807) is 0 Å². The first-order valence-electron chi connectivity index (χ1n) is 8.95. The van der Waals surface area contributed by atoms with E-state index < -0.39 is 0 Å². The van der Waals surface area contributed by atoms with E-state index in [4.69, 9.17) is 0 Å². The third kappa shape index (κ3) is 11.1. The van der Waals surface area contributed by atoms with Crippen LogP contribution in [0.15, 0.2) is 0 Å². The Kier molecular flexibility index (Phi) is 14.7. The van der Waals surface area contributed by atoms with Crippen molar-refractivity contribution in [2.24, 2.45) is 5.92 Å². The molecule has 0 radical (unpaired) electrons.